The smallest absolute Gasteiger partial charge is 0.248 e. The molecule has 0 atom stereocenters. The highest BCUT2D eigenvalue weighted by Crippen LogP contribution is 2.29. The Bertz CT molecular complexity index is 611. The van der Waals surface area contributed by atoms with E-state index in [9.17, 15) is 9.18 Å². The van der Waals surface area contributed by atoms with Gasteiger partial charge < -0.3 is 16.4 Å². The third-order valence-corrected chi connectivity index (χ3v) is 2.89. The van der Waals surface area contributed by atoms with Crippen LogP contribution in [0.2, 0.25) is 0 Å². The monoisotopic (exact) mass is 259 g/mol. The summed E-state index contributed by atoms with van der Waals surface area (Å²) in [4.78, 5) is 12.9. The number of benzene rings is 2. The van der Waals surface area contributed by atoms with Gasteiger partial charge in [-0.15, -0.1) is 0 Å². The molecule has 0 aliphatic carbocycles. The number of halogens is 1. The second-order valence-corrected chi connectivity index (χ2v) is 4.17. The zero-order valence-corrected chi connectivity index (χ0v) is 10.4. The minimum atomic E-state index is -0.520. The van der Waals surface area contributed by atoms with E-state index < -0.39 is 5.91 Å². The molecule has 4 nitrogen and oxygen atoms in total. The van der Waals surface area contributed by atoms with Crippen LogP contribution in [0.25, 0.3) is 0 Å². The molecule has 2 rings (SSSR count). The van der Waals surface area contributed by atoms with Crippen LogP contribution in [0.15, 0.2) is 42.5 Å². The first-order valence-corrected chi connectivity index (χ1v) is 5.67. The predicted octanol–water partition coefficient (Wildman–Crippen LogP) is 2.27. The molecule has 4 N–H and O–H groups in total. The van der Waals surface area contributed by atoms with Crippen molar-refractivity contribution >= 4 is 23.0 Å². The summed E-state index contributed by atoms with van der Waals surface area (Å²) in [6, 6.07) is 10.8. The van der Waals surface area contributed by atoms with Crippen LogP contribution in [0.3, 0.4) is 0 Å². The van der Waals surface area contributed by atoms with Crippen LogP contribution in [0.4, 0.5) is 21.5 Å². The number of hydrogen-bond donors (Lipinski definition) is 2. The summed E-state index contributed by atoms with van der Waals surface area (Å²) in [5.74, 6) is -0.829. The van der Waals surface area contributed by atoms with Crippen LogP contribution in [-0.2, 0) is 0 Å². The van der Waals surface area contributed by atoms with Gasteiger partial charge in [0.25, 0.3) is 0 Å². The molecule has 0 saturated heterocycles. The summed E-state index contributed by atoms with van der Waals surface area (Å²) in [5.41, 5.74) is 13.4. The third-order valence-electron chi connectivity index (χ3n) is 2.89. The molecule has 1 amide bonds. The molecule has 19 heavy (non-hydrogen) atoms. The fraction of sp³-hybridized carbons (Fsp3) is 0.0714. The van der Waals surface area contributed by atoms with Crippen molar-refractivity contribution in [3.05, 3.63) is 53.8 Å². The highest BCUT2D eigenvalue weighted by Gasteiger charge is 2.10. The number of nitrogen functional groups attached to an aromatic ring is 1. The molecular weight excluding hydrogens is 245 g/mol. The zero-order chi connectivity index (χ0) is 14.0. The molecule has 0 unspecified atom stereocenters. The lowest BCUT2D eigenvalue weighted by molar-refractivity contribution is 0.100. The van der Waals surface area contributed by atoms with Gasteiger partial charge in [0.1, 0.15) is 5.82 Å². The molecule has 0 spiro atoms. The summed E-state index contributed by atoms with van der Waals surface area (Å²) in [7, 11) is 1.78. The van der Waals surface area contributed by atoms with E-state index in [0.717, 1.165) is 5.69 Å². The van der Waals surface area contributed by atoms with Gasteiger partial charge >= 0.3 is 0 Å². The van der Waals surface area contributed by atoms with Gasteiger partial charge in [0.05, 0.1) is 11.4 Å². The van der Waals surface area contributed by atoms with Gasteiger partial charge in [-0.3, -0.25) is 4.79 Å². The fourth-order valence-electron chi connectivity index (χ4n) is 1.79. The van der Waals surface area contributed by atoms with Crippen molar-refractivity contribution in [1.29, 1.82) is 0 Å². The lowest BCUT2D eigenvalue weighted by Crippen LogP contribution is -2.15. The quantitative estimate of drug-likeness (QED) is 0.830. The van der Waals surface area contributed by atoms with Crippen molar-refractivity contribution < 1.29 is 9.18 Å². The topological polar surface area (TPSA) is 72.3 Å². The average Bonchev–Trinajstić information content (AvgIpc) is 2.39. The normalized spacial score (nSPS) is 10.2. The van der Waals surface area contributed by atoms with Gasteiger partial charge in [0.2, 0.25) is 5.91 Å². The van der Waals surface area contributed by atoms with E-state index in [1.165, 1.54) is 12.1 Å². The number of amides is 1. The number of nitrogens with two attached hydrogens (primary N) is 2. The molecule has 0 bridgehead atoms. The Morgan fingerprint density at radius 2 is 1.79 bits per heavy atom. The van der Waals surface area contributed by atoms with Crippen LogP contribution < -0.4 is 16.4 Å². The van der Waals surface area contributed by atoms with Crippen molar-refractivity contribution in [1.82, 2.24) is 0 Å². The maximum absolute atomic E-state index is 12.9. The summed E-state index contributed by atoms with van der Waals surface area (Å²) in [6.07, 6.45) is 0. The second-order valence-electron chi connectivity index (χ2n) is 4.17. The summed E-state index contributed by atoms with van der Waals surface area (Å²) in [5, 5.41) is 0. The minimum absolute atomic E-state index is 0.309. The van der Waals surface area contributed by atoms with Crippen LogP contribution in [0.5, 0.6) is 0 Å². The number of carbonyl (C=O) groups excluding carboxylic acids is 1. The maximum Gasteiger partial charge on any atom is 0.248 e. The Hall–Kier alpha value is -2.56. The molecule has 0 aliphatic rings. The SMILES string of the molecule is CN(c1ccc(F)cc1)c1cc(C(N)=O)ccc1N. The van der Waals surface area contributed by atoms with Gasteiger partial charge in [-0.1, -0.05) is 0 Å². The summed E-state index contributed by atoms with van der Waals surface area (Å²) in [6.45, 7) is 0. The summed E-state index contributed by atoms with van der Waals surface area (Å²) < 4.78 is 12.9. The first-order valence-electron chi connectivity index (χ1n) is 5.67. The maximum atomic E-state index is 12.9. The standard InChI is InChI=1S/C14H14FN3O/c1-18(11-5-3-10(15)4-6-11)13-8-9(14(17)19)2-7-12(13)16/h2-8H,16H2,1H3,(H2,17,19). The highest BCUT2D eigenvalue weighted by atomic mass is 19.1. The van der Waals surface area contributed by atoms with Crippen LogP contribution in [0.1, 0.15) is 10.4 Å². The van der Waals surface area contributed by atoms with Crippen LogP contribution >= 0.6 is 0 Å². The largest absolute Gasteiger partial charge is 0.397 e. The molecule has 0 aromatic heterocycles. The van der Waals surface area contributed by atoms with E-state index >= 15 is 0 Å². The molecule has 2 aromatic rings. The molecule has 0 saturated carbocycles. The number of rotatable bonds is 3. The number of nitrogens with zero attached hydrogens (tertiary/aromatic N) is 1. The molecule has 98 valence electrons. The fourth-order valence-corrected chi connectivity index (χ4v) is 1.79. The average molecular weight is 259 g/mol. The van der Waals surface area contributed by atoms with E-state index in [2.05, 4.69) is 0 Å². The van der Waals surface area contributed by atoms with Gasteiger partial charge in [-0.2, -0.15) is 0 Å². The van der Waals surface area contributed by atoms with E-state index in [1.54, 1.807) is 42.3 Å². The number of primary amides is 1. The van der Waals surface area contributed by atoms with Gasteiger partial charge in [0, 0.05) is 18.3 Å². The number of hydrogen-bond acceptors (Lipinski definition) is 3. The molecule has 0 radical (unpaired) electrons. The van der Waals surface area contributed by atoms with E-state index in [0.29, 0.717) is 16.9 Å². The molecular formula is C14H14FN3O. The number of carbonyl (C=O) groups is 1. The zero-order valence-electron chi connectivity index (χ0n) is 10.4. The van der Waals surface area contributed by atoms with Gasteiger partial charge in [0.15, 0.2) is 0 Å². The van der Waals surface area contributed by atoms with Gasteiger partial charge in [-0.05, 0) is 42.5 Å². The Kier molecular flexibility index (Phi) is 3.37. The van der Waals surface area contributed by atoms with Crippen molar-refractivity contribution in [2.24, 2.45) is 5.73 Å². The lowest BCUT2D eigenvalue weighted by atomic mass is 10.1. The van der Waals surface area contributed by atoms with E-state index in [1.807, 2.05) is 0 Å². The highest BCUT2D eigenvalue weighted by molar-refractivity contribution is 5.95. The van der Waals surface area contributed by atoms with Crippen molar-refractivity contribution in [3.8, 4) is 0 Å². The number of anilines is 3. The van der Waals surface area contributed by atoms with Gasteiger partial charge in [-0.25, -0.2) is 4.39 Å². The lowest BCUT2D eigenvalue weighted by Gasteiger charge is -2.21. The van der Waals surface area contributed by atoms with E-state index in [-0.39, 0.29) is 5.82 Å². The molecule has 0 aliphatic heterocycles. The third kappa shape index (κ3) is 2.65. The van der Waals surface area contributed by atoms with E-state index in [4.69, 9.17) is 11.5 Å². The van der Waals surface area contributed by atoms with Crippen molar-refractivity contribution in [2.75, 3.05) is 17.7 Å². The van der Waals surface area contributed by atoms with Crippen molar-refractivity contribution in [3.63, 3.8) is 0 Å². The van der Waals surface area contributed by atoms with Crippen LogP contribution in [-0.4, -0.2) is 13.0 Å². The van der Waals surface area contributed by atoms with Crippen molar-refractivity contribution in [2.45, 2.75) is 0 Å². The first kappa shape index (κ1) is 12.9. The molecule has 5 heteroatoms. The van der Waals surface area contributed by atoms with Crippen LogP contribution in [0, 0.1) is 5.82 Å². The molecule has 0 fully saturated rings. The predicted molar refractivity (Wildman–Crippen MR) is 73.8 cm³/mol. The Labute approximate surface area is 110 Å². The molecule has 0 heterocycles. The Morgan fingerprint density at radius 3 is 2.37 bits per heavy atom. The Morgan fingerprint density at radius 1 is 1.16 bits per heavy atom. The molecule has 2 aromatic carbocycles. The second kappa shape index (κ2) is 4.97. The minimum Gasteiger partial charge on any atom is -0.397 e. The Balaban J connectivity index is 2.42. The summed E-state index contributed by atoms with van der Waals surface area (Å²) >= 11 is 0. The first-order chi connectivity index (χ1) is 8.99.